The van der Waals surface area contributed by atoms with Crippen LogP contribution in [0, 0.1) is 0 Å². The van der Waals surface area contributed by atoms with Gasteiger partial charge < -0.3 is 9.84 Å². The first-order chi connectivity index (χ1) is 7.41. The van der Waals surface area contributed by atoms with Gasteiger partial charge in [-0.25, -0.2) is 4.79 Å². The molecule has 0 aliphatic carbocycles. The topological polar surface area (TPSA) is 63.6 Å². The van der Waals surface area contributed by atoms with Crippen molar-refractivity contribution in [3.63, 3.8) is 0 Å². The van der Waals surface area contributed by atoms with E-state index in [0.717, 1.165) is 0 Å². The summed E-state index contributed by atoms with van der Waals surface area (Å²) in [6, 6.07) is 3.07. The van der Waals surface area contributed by atoms with E-state index >= 15 is 0 Å². The molecule has 0 atom stereocenters. The monoisotopic (exact) mass is 306 g/mol. The van der Waals surface area contributed by atoms with Crippen LogP contribution in [0.25, 0.3) is 0 Å². The Kier molecular flexibility index (Phi) is 4.32. The molecule has 0 aromatic heterocycles. The zero-order valence-corrected chi connectivity index (χ0v) is 10.6. The van der Waals surface area contributed by atoms with E-state index in [0.29, 0.717) is 4.47 Å². The van der Waals surface area contributed by atoms with E-state index in [1.54, 1.807) is 0 Å². The Hall–Kier alpha value is -1.07. The molecule has 6 heteroatoms. The van der Waals surface area contributed by atoms with Crippen molar-refractivity contribution in [1.82, 2.24) is 0 Å². The van der Waals surface area contributed by atoms with Crippen LogP contribution in [0.1, 0.15) is 17.3 Å². The number of hydrogen-bond acceptors (Lipinski definition) is 3. The molecule has 86 valence electrons. The molecule has 0 aliphatic heterocycles. The van der Waals surface area contributed by atoms with Gasteiger partial charge in [-0.3, -0.25) is 4.79 Å². The highest BCUT2D eigenvalue weighted by molar-refractivity contribution is 9.10. The summed E-state index contributed by atoms with van der Waals surface area (Å²) in [6.07, 6.45) is 0. The van der Waals surface area contributed by atoms with Gasteiger partial charge >= 0.3 is 5.97 Å². The molecule has 0 heterocycles. The van der Waals surface area contributed by atoms with Crippen molar-refractivity contribution in [3.05, 3.63) is 27.2 Å². The first kappa shape index (κ1) is 13.0. The van der Waals surface area contributed by atoms with E-state index in [9.17, 15) is 9.59 Å². The van der Waals surface area contributed by atoms with Gasteiger partial charge in [0, 0.05) is 4.47 Å². The van der Waals surface area contributed by atoms with E-state index in [-0.39, 0.29) is 22.1 Å². The molecule has 1 N–H and O–H groups in total. The highest BCUT2D eigenvalue weighted by Crippen LogP contribution is 2.32. The van der Waals surface area contributed by atoms with E-state index < -0.39 is 12.6 Å². The number of halogens is 2. The molecular weight excluding hydrogens is 299 g/mol. The number of carbonyl (C=O) groups is 2. The van der Waals surface area contributed by atoms with Crippen LogP contribution in [0.4, 0.5) is 0 Å². The minimum atomic E-state index is -1.13. The van der Waals surface area contributed by atoms with Gasteiger partial charge in [0.2, 0.25) is 0 Å². The van der Waals surface area contributed by atoms with Gasteiger partial charge in [-0.1, -0.05) is 27.5 Å². The lowest BCUT2D eigenvalue weighted by molar-refractivity contribution is -0.139. The molecule has 1 rings (SSSR count). The van der Waals surface area contributed by atoms with Crippen LogP contribution in [0.15, 0.2) is 16.6 Å². The Labute approximate surface area is 105 Å². The van der Waals surface area contributed by atoms with Crippen molar-refractivity contribution in [1.29, 1.82) is 0 Å². The number of ketones is 1. The molecule has 0 fully saturated rings. The molecule has 0 amide bonds. The predicted molar refractivity (Wildman–Crippen MR) is 62.3 cm³/mol. The maximum Gasteiger partial charge on any atom is 0.341 e. The van der Waals surface area contributed by atoms with E-state index in [1.807, 2.05) is 0 Å². The first-order valence-electron chi connectivity index (χ1n) is 4.26. The second-order valence-electron chi connectivity index (χ2n) is 3.00. The number of carboxylic acids is 1. The number of carboxylic acid groups (broad SMARTS) is 1. The van der Waals surface area contributed by atoms with Crippen LogP contribution in [0.5, 0.6) is 5.75 Å². The Morgan fingerprint density at radius 2 is 2.12 bits per heavy atom. The number of Topliss-reactive ketones (excluding diaryl/α,β-unsaturated/α-hetero) is 1. The maximum absolute atomic E-state index is 11.3. The molecule has 0 radical (unpaired) electrons. The summed E-state index contributed by atoms with van der Waals surface area (Å²) in [5.74, 6) is -1.28. The predicted octanol–water partition coefficient (Wildman–Crippen LogP) is 2.77. The number of hydrogen-bond donors (Lipinski definition) is 1. The summed E-state index contributed by atoms with van der Waals surface area (Å²) in [5, 5.41) is 8.68. The van der Waals surface area contributed by atoms with Crippen molar-refractivity contribution in [2.24, 2.45) is 0 Å². The number of carbonyl (C=O) groups excluding carboxylic acids is 1. The molecule has 16 heavy (non-hydrogen) atoms. The quantitative estimate of drug-likeness (QED) is 0.869. The zero-order chi connectivity index (χ0) is 12.3. The number of aliphatic carboxylic acids is 1. The standard InChI is InChI=1S/C10H8BrClO4/c1-5(13)7-2-6(11)3-8(12)10(7)16-4-9(14)15/h2-3H,4H2,1H3,(H,14,15). The highest BCUT2D eigenvalue weighted by atomic mass is 79.9. The van der Waals surface area contributed by atoms with Crippen LogP contribution < -0.4 is 4.74 Å². The van der Waals surface area contributed by atoms with Crippen LogP contribution in [0.3, 0.4) is 0 Å². The summed E-state index contributed by atoms with van der Waals surface area (Å²) in [5.41, 5.74) is 0.251. The second kappa shape index (κ2) is 5.32. The zero-order valence-electron chi connectivity index (χ0n) is 8.29. The summed E-state index contributed by atoms with van der Waals surface area (Å²) < 4.78 is 5.60. The van der Waals surface area contributed by atoms with Crippen LogP contribution >= 0.6 is 27.5 Å². The average Bonchev–Trinajstić information content (AvgIpc) is 2.14. The summed E-state index contributed by atoms with van der Waals surface area (Å²) in [6.45, 7) is 0.813. The molecule has 0 unspecified atom stereocenters. The lowest BCUT2D eigenvalue weighted by atomic mass is 10.1. The minimum Gasteiger partial charge on any atom is -0.480 e. The van der Waals surface area contributed by atoms with Crippen molar-refractivity contribution in [3.8, 4) is 5.75 Å². The highest BCUT2D eigenvalue weighted by Gasteiger charge is 2.15. The summed E-state index contributed by atoms with van der Waals surface area (Å²) >= 11 is 9.05. The SMILES string of the molecule is CC(=O)c1cc(Br)cc(Cl)c1OCC(=O)O. The van der Waals surface area contributed by atoms with Gasteiger partial charge in [-0.05, 0) is 19.1 Å². The molecule has 4 nitrogen and oxygen atoms in total. The lowest BCUT2D eigenvalue weighted by Gasteiger charge is -2.10. The Morgan fingerprint density at radius 3 is 2.62 bits per heavy atom. The second-order valence-corrected chi connectivity index (χ2v) is 4.33. The molecule has 1 aromatic carbocycles. The van der Waals surface area contributed by atoms with Crippen molar-refractivity contribution < 1.29 is 19.4 Å². The third-order valence-electron chi connectivity index (χ3n) is 1.73. The Morgan fingerprint density at radius 1 is 1.50 bits per heavy atom. The molecule has 0 bridgehead atoms. The van der Waals surface area contributed by atoms with E-state index in [1.165, 1.54) is 19.1 Å². The molecular formula is C10H8BrClO4. The smallest absolute Gasteiger partial charge is 0.341 e. The van der Waals surface area contributed by atoms with E-state index in [4.69, 9.17) is 21.4 Å². The summed E-state index contributed by atoms with van der Waals surface area (Å²) in [7, 11) is 0. The van der Waals surface area contributed by atoms with Crippen LogP contribution in [-0.4, -0.2) is 23.5 Å². The molecule has 0 spiro atoms. The van der Waals surface area contributed by atoms with Crippen molar-refractivity contribution >= 4 is 39.3 Å². The first-order valence-corrected chi connectivity index (χ1v) is 5.43. The molecule has 0 aliphatic rings. The minimum absolute atomic E-state index is 0.0970. The number of ether oxygens (including phenoxy) is 1. The fourth-order valence-electron chi connectivity index (χ4n) is 1.10. The third kappa shape index (κ3) is 3.21. The molecule has 0 saturated carbocycles. The van der Waals surface area contributed by atoms with Crippen molar-refractivity contribution in [2.45, 2.75) is 6.92 Å². The van der Waals surface area contributed by atoms with Crippen LogP contribution in [0.2, 0.25) is 5.02 Å². The average molecular weight is 308 g/mol. The van der Waals surface area contributed by atoms with Gasteiger partial charge in [-0.15, -0.1) is 0 Å². The normalized spacial score (nSPS) is 9.94. The van der Waals surface area contributed by atoms with Gasteiger partial charge in [0.1, 0.15) is 5.75 Å². The molecule has 1 aromatic rings. The Bertz CT molecular complexity index is 445. The third-order valence-corrected chi connectivity index (χ3v) is 2.47. The number of benzene rings is 1. The van der Waals surface area contributed by atoms with Crippen molar-refractivity contribution in [2.75, 3.05) is 6.61 Å². The van der Waals surface area contributed by atoms with Gasteiger partial charge in [-0.2, -0.15) is 0 Å². The largest absolute Gasteiger partial charge is 0.480 e. The maximum atomic E-state index is 11.3. The fourth-order valence-corrected chi connectivity index (χ4v) is 1.97. The number of rotatable bonds is 4. The van der Waals surface area contributed by atoms with Gasteiger partial charge in [0.15, 0.2) is 12.4 Å². The van der Waals surface area contributed by atoms with E-state index in [2.05, 4.69) is 15.9 Å². The Balaban J connectivity index is 3.14. The fraction of sp³-hybridized carbons (Fsp3) is 0.200. The lowest BCUT2D eigenvalue weighted by Crippen LogP contribution is -2.11. The molecule has 0 saturated heterocycles. The summed E-state index contributed by atoms with van der Waals surface area (Å²) in [4.78, 5) is 21.7. The van der Waals surface area contributed by atoms with Crippen LogP contribution in [-0.2, 0) is 4.79 Å². The van der Waals surface area contributed by atoms with Gasteiger partial charge in [0.25, 0.3) is 0 Å². The van der Waals surface area contributed by atoms with Gasteiger partial charge in [0.05, 0.1) is 10.6 Å².